The maximum atomic E-state index is 11.5. The molecule has 100 valence electrons. The van der Waals surface area contributed by atoms with Gasteiger partial charge in [-0.1, -0.05) is 20.8 Å². The van der Waals surface area contributed by atoms with Gasteiger partial charge in [-0.3, -0.25) is 9.59 Å². The van der Waals surface area contributed by atoms with Crippen LogP contribution in [0.25, 0.3) is 0 Å². The summed E-state index contributed by atoms with van der Waals surface area (Å²) in [5.74, 6) is -1.03. The number of carbonyl (C=O) groups is 2. The van der Waals surface area contributed by atoms with Crippen molar-refractivity contribution in [1.82, 2.24) is 10.2 Å². The van der Waals surface area contributed by atoms with Crippen molar-refractivity contribution in [3.63, 3.8) is 0 Å². The lowest BCUT2D eigenvalue weighted by Gasteiger charge is -2.18. The quantitative estimate of drug-likeness (QED) is 0.633. The average molecular weight is 244 g/mol. The summed E-state index contributed by atoms with van der Waals surface area (Å²) in [7, 11) is 0. The van der Waals surface area contributed by atoms with Gasteiger partial charge in [-0.2, -0.15) is 0 Å². The molecule has 1 amide bonds. The van der Waals surface area contributed by atoms with E-state index in [0.29, 0.717) is 6.54 Å². The van der Waals surface area contributed by atoms with Crippen molar-refractivity contribution < 1.29 is 14.7 Å². The molecule has 0 aliphatic carbocycles. The average Bonchev–Trinajstić information content (AvgIpc) is 2.23. The van der Waals surface area contributed by atoms with Crippen LogP contribution >= 0.6 is 0 Å². The summed E-state index contributed by atoms with van der Waals surface area (Å²) in [6.45, 7) is 9.36. The Balaban J connectivity index is 3.69. The topological polar surface area (TPSA) is 69.6 Å². The van der Waals surface area contributed by atoms with Gasteiger partial charge in [0.15, 0.2) is 0 Å². The first kappa shape index (κ1) is 15.9. The molecule has 0 aromatic heterocycles. The third-order valence-electron chi connectivity index (χ3n) is 2.70. The third-order valence-corrected chi connectivity index (χ3v) is 2.70. The van der Waals surface area contributed by atoms with Crippen molar-refractivity contribution in [2.45, 2.75) is 33.6 Å². The molecule has 1 atom stereocenters. The van der Waals surface area contributed by atoms with Crippen molar-refractivity contribution in [3.05, 3.63) is 0 Å². The summed E-state index contributed by atoms with van der Waals surface area (Å²) < 4.78 is 0. The van der Waals surface area contributed by atoms with Gasteiger partial charge in [0, 0.05) is 25.9 Å². The molecule has 0 bridgehead atoms. The molecule has 0 rings (SSSR count). The Labute approximate surface area is 103 Å². The molecule has 0 radical (unpaired) electrons. The Morgan fingerprint density at radius 2 is 1.82 bits per heavy atom. The molecular weight excluding hydrogens is 220 g/mol. The van der Waals surface area contributed by atoms with Gasteiger partial charge in [0.1, 0.15) is 0 Å². The molecule has 0 aromatic rings. The van der Waals surface area contributed by atoms with Gasteiger partial charge in [-0.05, 0) is 19.0 Å². The number of amides is 1. The van der Waals surface area contributed by atoms with Crippen LogP contribution in [0.2, 0.25) is 0 Å². The van der Waals surface area contributed by atoms with E-state index in [0.717, 1.165) is 19.6 Å². The molecule has 0 aliphatic heterocycles. The number of hydrogen-bond donors (Lipinski definition) is 2. The fourth-order valence-electron chi connectivity index (χ4n) is 1.65. The minimum atomic E-state index is -0.853. The lowest BCUT2D eigenvalue weighted by Crippen LogP contribution is -2.35. The van der Waals surface area contributed by atoms with Crippen LogP contribution in [-0.4, -0.2) is 48.1 Å². The number of hydrogen-bond acceptors (Lipinski definition) is 3. The van der Waals surface area contributed by atoms with Crippen LogP contribution in [-0.2, 0) is 9.59 Å². The van der Waals surface area contributed by atoms with Crippen LogP contribution < -0.4 is 5.32 Å². The Bertz CT molecular complexity index is 240. The van der Waals surface area contributed by atoms with Gasteiger partial charge in [0.05, 0.1) is 0 Å². The molecule has 2 N–H and O–H groups in total. The zero-order valence-electron chi connectivity index (χ0n) is 11.0. The first-order valence-electron chi connectivity index (χ1n) is 6.20. The molecule has 5 nitrogen and oxygen atoms in total. The number of carbonyl (C=O) groups excluding carboxylic acids is 1. The van der Waals surface area contributed by atoms with E-state index in [1.54, 1.807) is 6.92 Å². The fraction of sp³-hybridized carbons (Fsp3) is 0.833. The first-order chi connectivity index (χ1) is 7.99. The van der Waals surface area contributed by atoms with Gasteiger partial charge >= 0.3 is 5.97 Å². The van der Waals surface area contributed by atoms with Crippen LogP contribution in [0.15, 0.2) is 0 Å². The smallest absolute Gasteiger partial charge is 0.303 e. The molecule has 0 aromatic carbocycles. The largest absolute Gasteiger partial charge is 0.481 e. The number of carboxylic acid groups (broad SMARTS) is 1. The number of nitrogens with one attached hydrogen (secondary N) is 1. The van der Waals surface area contributed by atoms with E-state index in [1.165, 1.54) is 0 Å². The minimum absolute atomic E-state index is 0.0451. The van der Waals surface area contributed by atoms with Crippen LogP contribution in [0.1, 0.15) is 33.6 Å². The molecule has 0 saturated heterocycles. The van der Waals surface area contributed by atoms with E-state index in [2.05, 4.69) is 24.1 Å². The van der Waals surface area contributed by atoms with E-state index in [1.807, 2.05) is 0 Å². The summed E-state index contributed by atoms with van der Waals surface area (Å²) >= 11 is 0. The zero-order chi connectivity index (χ0) is 13.3. The van der Waals surface area contributed by atoms with Gasteiger partial charge in [0.2, 0.25) is 5.91 Å². The highest BCUT2D eigenvalue weighted by Crippen LogP contribution is 2.06. The van der Waals surface area contributed by atoms with Gasteiger partial charge < -0.3 is 15.3 Å². The van der Waals surface area contributed by atoms with Crippen molar-refractivity contribution in [1.29, 1.82) is 0 Å². The highest BCUT2D eigenvalue weighted by molar-refractivity contribution is 5.77. The Kier molecular flexibility index (Phi) is 8.40. The summed E-state index contributed by atoms with van der Waals surface area (Å²) in [5, 5.41) is 11.4. The molecule has 0 fully saturated rings. The number of carboxylic acids is 1. The lowest BCUT2D eigenvalue weighted by molar-refractivity contribution is -0.138. The van der Waals surface area contributed by atoms with Crippen LogP contribution in [0, 0.1) is 5.92 Å². The standard InChI is InChI=1S/C12H24N2O3/c1-4-14(5-2)7-6-13-11(15)8-10(3)9-12(16)17/h10H,4-9H2,1-3H3,(H,13,15)(H,16,17). The minimum Gasteiger partial charge on any atom is -0.481 e. The maximum absolute atomic E-state index is 11.5. The van der Waals surface area contributed by atoms with Gasteiger partial charge in [-0.25, -0.2) is 0 Å². The SMILES string of the molecule is CCN(CC)CCNC(=O)CC(C)CC(=O)O. The second-order valence-electron chi connectivity index (χ2n) is 4.28. The van der Waals surface area contributed by atoms with Crippen LogP contribution in [0.3, 0.4) is 0 Å². The van der Waals surface area contributed by atoms with E-state index < -0.39 is 5.97 Å². The van der Waals surface area contributed by atoms with Crippen LogP contribution in [0.4, 0.5) is 0 Å². The monoisotopic (exact) mass is 244 g/mol. The van der Waals surface area contributed by atoms with Crippen molar-refractivity contribution in [2.24, 2.45) is 5.92 Å². The molecule has 0 heterocycles. The maximum Gasteiger partial charge on any atom is 0.303 e. The number of rotatable bonds is 9. The molecule has 5 heteroatoms. The summed E-state index contributed by atoms with van der Waals surface area (Å²) in [4.78, 5) is 24.1. The van der Waals surface area contributed by atoms with Crippen LogP contribution in [0.5, 0.6) is 0 Å². The third kappa shape index (κ3) is 8.68. The molecule has 0 aliphatic rings. The molecule has 0 saturated carbocycles. The second kappa shape index (κ2) is 8.98. The predicted molar refractivity (Wildman–Crippen MR) is 66.8 cm³/mol. The van der Waals surface area contributed by atoms with E-state index in [-0.39, 0.29) is 24.7 Å². The van der Waals surface area contributed by atoms with E-state index >= 15 is 0 Å². The summed E-state index contributed by atoms with van der Waals surface area (Å²) in [6, 6.07) is 0. The van der Waals surface area contributed by atoms with Gasteiger partial charge in [-0.15, -0.1) is 0 Å². The highest BCUT2D eigenvalue weighted by atomic mass is 16.4. The number of nitrogens with zero attached hydrogens (tertiary/aromatic N) is 1. The summed E-state index contributed by atoms with van der Waals surface area (Å²) in [5.41, 5.74) is 0. The summed E-state index contributed by atoms with van der Waals surface area (Å²) in [6.07, 6.45) is 0.327. The van der Waals surface area contributed by atoms with Crippen molar-refractivity contribution >= 4 is 11.9 Å². The van der Waals surface area contributed by atoms with E-state index in [4.69, 9.17) is 5.11 Å². The first-order valence-corrected chi connectivity index (χ1v) is 6.20. The normalized spacial score (nSPS) is 12.5. The molecular formula is C12H24N2O3. The number of aliphatic carboxylic acids is 1. The second-order valence-corrected chi connectivity index (χ2v) is 4.28. The molecule has 0 spiro atoms. The Morgan fingerprint density at radius 1 is 1.24 bits per heavy atom. The fourth-order valence-corrected chi connectivity index (χ4v) is 1.65. The number of likely N-dealkylation sites (N-methyl/N-ethyl adjacent to an activating group) is 1. The zero-order valence-corrected chi connectivity index (χ0v) is 11.0. The lowest BCUT2D eigenvalue weighted by atomic mass is 10.0. The highest BCUT2D eigenvalue weighted by Gasteiger charge is 2.12. The predicted octanol–water partition coefficient (Wildman–Crippen LogP) is 0.945. The molecule has 17 heavy (non-hydrogen) atoms. The molecule has 1 unspecified atom stereocenters. The van der Waals surface area contributed by atoms with E-state index in [9.17, 15) is 9.59 Å². The van der Waals surface area contributed by atoms with Crippen molar-refractivity contribution in [2.75, 3.05) is 26.2 Å². The van der Waals surface area contributed by atoms with Crippen molar-refractivity contribution in [3.8, 4) is 0 Å². The van der Waals surface area contributed by atoms with Gasteiger partial charge in [0.25, 0.3) is 0 Å². The Morgan fingerprint density at radius 3 is 2.29 bits per heavy atom. The Hall–Kier alpha value is -1.10.